The first kappa shape index (κ1) is 14.5. The smallest absolute Gasteiger partial charge is 0.360 e. The molecule has 0 aromatic carbocycles. The van der Waals surface area contributed by atoms with E-state index in [2.05, 4.69) is 15.6 Å². The van der Waals surface area contributed by atoms with Crippen molar-refractivity contribution in [3.05, 3.63) is 12.0 Å². The van der Waals surface area contributed by atoms with Gasteiger partial charge in [-0.3, -0.25) is 0 Å². The highest BCUT2D eigenvalue weighted by molar-refractivity contribution is 5.87. The summed E-state index contributed by atoms with van der Waals surface area (Å²) in [4.78, 5) is 15.2. The number of ether oxygens (including phenoxy) is 1. The molecular formula is C11H19N3O4. The molecule has 3 N–H and O–H groups in total. The quantitative estimate of drug-likeness (QED) is 0.453. The van der Waals surface area contributed by atoms with Crippen molar-refractivity contribution in [3.63, 3.8) is 0 Å². The second kappa shape index (κ2) is 7.67. The summed E-state index contributed by atoms with van der Waals surface area (Å²) in [7, 11) is 0. The van der Waals surface area contributed by atoms with Crippen LogP contribution in [0.2, 0.25) is 0 Å². The van der Waals surface area contributed by atoms with Gasteiger partial charge in [-0.2, -0.15) is 4.98 Å². The Balaban J connectivity index is 2.25. The predicted octanol–water partition coefficient (Wildman–Crippen LogP) is 0.234. The molecule has 0 bridgehead atoms. The van der Waals surface area contributed by atoms with Crippen LogP contribution >= 0.6 is 0 Å². The molecule has 1 heterocycles. The molecule has 1 unspecified atom stereocenters. The van der Waals surface area contributed by atoms with E-state index in [4.69, 9.17) is 14.3 Å². The highest BCUT2D eigenvalue weighted by Gasteiger charge is 2.12. The van der Waals surface area contributed by atoms with E-state index in [9.17, 15) is 4.79 Å². The lowest BCUT2D eigenvalue weighted by molar-refractivity contribution is 0.0519. The minimum Gasteiger partial charge on any atom is -0.461 e. The van der Waals surface area contributed by atoms with Crippen LogP contribution in [0.25, 0.3) is 0 Å². The lowest BCUT2D eigenvalue weighted by atomic mass is 10.4. The lowest BCUT2D eigenvalue weighted by Crippen LogP contribution is -2.29. The molecule has 7 heteroatoms. The van der Waals surface area contributed by atoms with Crippen LogP contribution in [0.5, 0.6) is 0 Å². The van der Waals surface area contributed by atoms with Crippen molar-refractivity contribution < 1.29 is 19.1 Å². The maximum atomic E-state index is 11.3. The van der Waals surface area contributed by atoms with Crippen molar-refractivity contribution in [2.75, 3.05) is 31.6 Å². The molecule has 1 aromatic rings. The van der Waals surface area contributed by atoms with E-state index in [1.54, 1.807) is 13.8 Å². The van der Waals surface area contributed by atoms with Gasteiger partial charge >= 0.3 is 5.97 Å². The number of oxazole rings is 1. The lowest BCUT2D eigenvalue weighted by Gasteiger charge is -2.06. The van der Waals surface area contributed by atoms with E-state index < -0.39 is 5.97 Å². The van der Waals surface area contributed by atoms with Crippen LogP contribution in [0.3, 0.4) is 0 Å². The van der Waals surface area contributed by atoms with E-state index in [-0.39, 0.29) is 17.8 Å². The maximum Gasteiger partial charge on any atom is 0.360 e. The van der Waals surface area contributed by atoms with Crippen molar-refractivity contribution in [2.24, 2.45) is 0 Å². The zero-order chi connectivity index (χ0) is 13.4. The fraction of sp³-hybridized carbons (Fsp3) is 0.636. The number of nitrogens with one attached hydrogen (secondary N) is 2. The molecule has 18 heavy (non-hydrogen) atoms. The molecule has 0 fully saturated rings. The summed E-state index contributed by atoms with van der Waals surface area (Å²) in [5.41, 5.74) is 0.149. The summed E-state index contributed by atoms with van der Waals surface area (Å²) < 4.78 is 9.84. The fourth-order valence-corrected chi connectivity index (χ4v) is 1.22. The van der Waals surface area contributed by atoms with Crippen molar-refractivity contribution in [2.45, 2.75) is 20.0 Å². The Morgan fingerprint density at radius 1 is 1.61 bits per heavy atom. The van der Waals surface area contributed by atoms with Crippen molar-refractivity contribution in [3.8, 4) is 0 Å². The van der Waals surface area contributed by atoms with Crippen molar-refractivity contribution >= 4 is 12.0 Å². The number of hydrogen-bond donors (Lipinski definition) is 3. The van der Waals surface area contributed by atoms with Gasteiger partial charge in [-0.05, 0) is 13.8 Å². The zero-order valence-electron chi connectivity index (χ0n) is 10.6. The predicted molar refractivity (Wildman–Crippen MR) is 65.5 cm³/mol. The van der Waals surface area contributed by atoms with Crippen LogP contribution in [0.4, 0.5) is 6.01 Å². The standard InChI is InChI=1S/C11H19N3O4/c1-3-17-10(16)9-7-18-11(14-9)13-5-4-12-6-8(2)15/h7-8,12,15H,3-6H2,1-2H3,(H,13,14). The Kier molecular flexibility index (Phi) is 6.16. The Labute approximate surface area is 106 Å². The number of nitrogens with zero attached hydrogens (tertiary/aromatic N) is 1. The maximum absolute atomic E-state index is 11.3. The second-order valence-corrected chi connectivity index (χ2v) is 3.74. The monoisotopic (exact) mass is 257 g/mol. The number of rotatable bonds is 8. The highest BCUT2D eigenvalue weighted by Crippen LogP contribution is 2.07. The van der Waals surface area contributed by atoms with Gasteiger partial charge in [-0.25, -0.2) is 4.79 Å². The third-order valence-corrected chi connectivity index (χ3v) is 2.01. The molecule has 0 aliphatic heterocycles. The van der Waals surface area contributed by atoms with E-state index in [0.717, 1.165) is 0 Å². The van der Waals surface area contributed by atoms with Crippen LogP contribution < -0.4 is 10.6 Å². The molecule has 102 valence electrons. The molecule has 7 nitrogen and oxygen atoms in total. The molecule has 0 amide bonds. The Morgan fingerprint density at radius 2 is 2.39 bits per heavy atom. The highest BCUT2D eigenvalue weighted by atomic mass is 16.5. The number of carbonyl (C=O) groups excluding carboxylic acids is 1. The number of esters is 1. The average molecular weight is 257 g/mol. The Morgan fingerprint density at radius 3 is 3.06 bits per heavy atom. The molecule has 0 saturated heterocycles. The summed E-state index contributed by atoms with van der Waals surface area (Å²) >= 11 is 0. The molecule has 0 aliphatic rings. The second-order valence-electron chi connectivity index (χ2n) is 3.74. The fourth-order valence-electron chi connectivity index (χ4n) is 1.22. The molecule has 1 rings (SSSR count). The number of anilines is 1. The van der Waals surface area contributed by atoms with Gasteiger partial charge in [0.2, 0.25) is 0 Å². The van der Waals surface area contributed by atoms with E-state index in [1.807, 2.05) is 0 Å². The van der Waals surface area contributed by atoms with Gasteiger partial charge in [0.05, 0.1) is 12.7 Å². The normalized spacial score (nSPS) is 12.2. The van der Waals surface area contributed by atoms with Gasteiger partial charge in [0, 0.05) is 19.6 Å². The SMILES string of the molecule is CCOC(=O)c1coc(NCCNCC(C)O)n1. The Bertz CT molecular complexity index is 365. The minimum atomic E-state index is -0.499. The van der Waals surface area contributed by atoms with Crippen molar-refractivity contribution in [1.82, 2.24) is 10.3 Å². The number of aromatic nitrogens is 1. The van der Waals surface area contributed by atoms with E-state index in [1.165, 1.54) is 6.26 Å². The summed E-state index contributed by atoms with van der Waals surface area (Å²) in [5.74, 6) is -0.499. The van der Waals surface area contributed by atoms with E-state index >= 15 is 0 Å². The van der Waals surface area contributed by atoms with Gasteiger partial charge in [-0.1, -0.05) is 0 Å². The number of carbonyl (C=O) groups is 1. The number of aliphatic hydroxyl groups excluding tert-OH is 1. The molecule has 1 atom stereocenters. The Hall–Kier alpha value is -1.60. The van der Waals surface area contributed by atoms with Crippen LogP contribution in [-0.2, 0) is 4.74 Å². The topological polar surface area (TPSA) is 96.6 Å². The summed E-state index contributed by atoms with van der Waals surface area (Å²) in [6.07, 6.45) is 0.881. The third kappa shape index (κ3) is 5.15. The number of aliphatic hydroxyl groups is 1. The van der Waals surface area contributed by atoms with E-state index in [0.29, 0.717) is 26.2 Å². The third-order valence-electron chi connectivity index (χ3n) is 2.01. The van der Waals surface area contributed by atoms with Crippen LogP contribution in [0.1, 0.15) is 24.3 Å². The zero-order valence-corrected chi connectivity index (χ0v) is 10.6. The molecule has 1 aromatic heterocycles. The molecule has 0 aliphatic carbocycles. The largest absolute Gasteiger partial charge is 0.461 e. The molecule has 0 radical (unpaired) electrons. The van der Waals surface area contributed by atoms with Gasteiger partial charge in [0.15, 0.2) is 5.69 Å². The first-order chi connectivity index (χ1) is 8.63. The van der Waals surface area contributed by atoms with Gasteiger partial charge < -0.3 is 24.9 Å². The van der Waals surface area contributed by atoms with Crippen molar-refractivity contribution in [1.29, 1.82) is 0 Å². The average Bonchev–Trinajstić information content (AvgIpc) is 2.77. The summed E-state index contributed by atoms with van der Waals surface area (Å²) in [6, 6.07) is 0.275. The molecular weight excluding hydrogens is 238 g/mol. The van der Waals surface area contributed by atoms with Gasteiger partial charge in [-0.15, -0.1) is 0 Å². The first-order valence-corrected chi connectivity index (χ1v) is 5.88. The van der Waals surface area contributed by atoms with Crippen LogP contribution in [0.15, 0.2) is 10.7 Å². The summed E-state index contributed by atoms with van der Waals surface area (Å²) in [6.45, 7) is 5.50. The van der Waals surface area contributed by atoms with Crippen LogP contribution in [0, 0.1) is 0 Å². The summed E-state index contributed by atoms with van der Waals surface area (Å²) in [5, 5.41) is 15.0. The van der Waals surface area contributed by atoms with Crippen LogP contribution in [-0.4, -0.2) is 48.4 Å². The molecule has 0 spiro atoms. The van der Waals surface area contributed by atoms with Gasteiger partial charge in [0.25, 0.3) is 6.01 Å². The molecule has 0 saturated carbocycles. The number of hydrogen-bond acceptors (Lipinski definition) is 7. The van der Waals surface area contributed by atoms with Gasteiger partial charge in [0.1, 0.15) is 6.26 Å². The first-order valence-electron chi connectivity index (χ1n) is 5.88. The minimum absolute atomic E-state index is 0.149.